The van der Waals surface area contributed by atoms with Gasteiger partial charge in [0.15, 0.2) is 11.7 Å². The topological polar surface area (TPSA) is 81.4 Å². The Labute approximate surface area is 159 Å². The Bertz CT molecular complexity index is 1050. The van der Waals surface area contributed by atoms with Gasteiger partial charge in [-0.3, -0.25) is 4.72 Å². The van der Waals surface area contributed by atoms with Crippen molar-refractivity contribution in [3.8, 4) is 16.4 Å². The standard InChI is InChI=1S/C17H15ClN2O4S2/c1-23-13-5-4-11(8-12(13)18)20-26(21,22)16-7-6-15(25-16)14-9-19-17(24-14)10-2-3-10/h4-10,20H,2-3H2,1H3. The number of anilines is 1. The van der Waals surface area contributed by atoms with Gasteiger partial charge in [0, 0.05) is 5.92 Å². The maximum atomic E-state index is 12.6. The molecule has 0 atom stereocenters. The van der Waals surface area contributed by atoms with Crippen LogP contribution in [0.3, 0.4) is 0 Å². The molecule has 0 unspecified atom stereocenters. The zero-order valence-corrected chi connectivity index (χ0v) is 16.1. The molecule has 0 aliphatic heterocycles. The van der Waals surface area contributed by atoms with E-state index in [0.29, 0.717) is 28.1 Å². The van der Waals surface area contributed by atoms with Gasteiger partial charge in [-0.2, -0.15) is 0 Å². The number of sulfonamides is 1. The van der Waals surface area contributed by atoms with Gasteiger partial charge in [-0.25, -0.2) is 13.4 Å². The molecule has 0 radical (unpaired) electrons. The molecule has 6 nitrogen and oxygen atoms in total. The lowest BCUT2D eigenvalue weighted by atomic mass is 10.3. The summed E-state index contributed by atoms with van der Waals surface area (Å²) < 4.78 is 38.7. The van der Waals surface area contributed by atoms with Gasteiger partial charge in [0.1, 0.15) is 9.96 Å². The van der Waals surface area contributed by atoms with Gasteiger partial charge in [-0.05, 0) is 43.2 Å². The van der Waals surface area contributed by atoms with Crippen molar-refractivity contribution in [1.82, 2.24) is 4.98 Å². The first-order chi connectivity index (χ1) is 12.5. The van der Waals surface area contributed by atoms with Crippen molar-refractivity contribution in [1.29, 1.82) is 0 Å². The Morgan fingerprint density at radius 1 is 1.31 bits per heavy atom. The fourth-order valence-electron chi connectivity index (χ4n) is 2.45. The van der Waals surface area contributed by atoms with Crippen molar-refractivity contribution in [2.45, 2.75) is 23.0 Å². The minimum absolute atomic E-state index is 0.184. The summed E-state index contributed by atoms with van der Waals surface area (Å²) in [6.45, 7) is 0. The van der Waals surface area contributed by atoms with Crippen molar-refractivity contribution in [3.05, 3.63) is 47.4 Å². The average molecular weight is 411 g/mol. The van der Waals surface area contributed by atoms with Gasteiger partial charge in [0.25, 0.3) is 10.0 Å². The molecular weight excluding hydrogens is 396 g/mol. The fraction of sp³-hybridized carbons (Fsp3) is 0.235. The Hall–Kier alpha value is -2.03. The zero-order valence-electron chi connectivity index (χ0n) is 13.7. The molecule has 0 spiro atoms. The van der Waals surface area contributed by atoms with Crippen LogP contribution in [0.4, 0.5) is 5.69 Å². The first-order valence-electron chi connectivity index (χ1n) is 7.88. The Kier molecular flexibility index (Phi) is 4.42. The molecule has 1 aliphatic rings. The minimum atomic E-state index is -3.73. The third-order valence-electron chi connectivity index (χ3n) is 3.94. The van der Waals surface area contributed by atoms with Crippen molar-refractivity contribution in [2.75, 3.05) is 11.8 Å². The largest absolute Gasteiger partial charge is 0.495 e. The number of nitrogens with zero attached hydrogens (tertiary/aromatic N) is 1. The molecule has 1 aliphatic carbocycles. The number of hydrogen-bond acceptors (Lipinski definition) is 6. The van der Waals surface area contributed by atoms with E-state index in [9.17, 15) is 8.42 Å². The van der Waals surface area contributed by atoms with Crippen molar-refractivity contribution in [3.63, 3.8) is 0 Å². The van der Waals surface area contributed by atoms with E-state index in [2.05, 4.69) is 9.71 Å². The second-order valence-corrected chi connectivity index (χ2v) is 9.31. The molecule has 0 bridgehead atoms. The highest BCUT2D eigenvalue weighted by atomic mass is 35.5. The first-order valence-corrected chi connectivity index (χ1v) is 10.6. The second-order valence-electron chi connectivity index (χ2n) is 5.91. The lowest BCUT2D eigenvalue weighted by molar-refractivity contribution is 0.415. The fourth-order valence-corrected chi connectivity index (χ4v) is 5.01. The van der Waals surface area contributed by atoms with Crippen LogP contribution >= 0.6 is 22.9 Å². The number of halogens is 1. The highest BCUT2D eigenvalue weighted by Crippen LogP contribution is 2.41. The maximum Gasteiger partial charge on any atom is 0.271 e. The van der Waals surface area contributed by atoms with Crippen molar-refractivity contribution in [2.24, 2.45) is 0 Å². The van der Waals surface area contributed by atoms with Crippen LogP contribution in [0.15, 0.2) is 45.2 Å². The lowest BCUT2D eigenvalue weighted by Crippen LogP contribution is -2.11. The Balaban J connectivity index is 1.56. The third kappa shape index (κ3) is 3.44. The third-order valence-corrected chi connectivity index (χ3v) is 7.21. The molecular formula is C17H15ClN2O4S2. The van der Waals surface area contributed by atoms with Gasteiger partial charge in [-0.1, -0.05) is 11.6 Å². The molecule has 3 aromatic rings. The Morgan fingerprint density at radius 3 is 2.81 bits per heavy atom. The summed E-state index contributed by atoms with van der Waals surface area (Å²) in [6, 6.07) is 7.97. The molecule has 2 heterocycles. The number of rotatable bonds is 6. The number of benzene rings is 1. The predicted octanol–water partition coefficient (Wildman–Crippen LogP) is 4.74. The van der Waals surface area contributed by atoms with E-state index in [1.165, 1.54) is 13.2 Å². The van der Waals surface area contributed by atoms with E-state index >= 15 is 0 Å². The van der Waals surface area contributed by atoms with Crippen molar-refractivity contribution >= 4 is 38.6 Å². The number of nitrogens with one attached hydrogen (secondary N) is 1. The molecule has 2 aromatic heterocycles. The zero-order chi connectivity index (χ0) is 18.3. The second kappa shape index (κ2) is 6.61. The maximum absolute atomic E-state index is 12.6. The number of aromatic nitrogens is 1. The lowest BCUT2D eigenvalue weighted by Gasteiger charge is -2.08. The summed E-state index contributed by atoms with van der Waals surface area (Å²) in [4.78, 5) is 4.99. The summed E-state index contributed by atoms with van der Waals surface area (Å²) in [5.74, 6) is 2.20. The summed E-state index contributed by atoms with van der Waals surface area (Å²) in [7, 11) is -2.23. The molecule has 26 heavy (non-hydrogen) atoms. The highest BCUT2D eigenvalue weighted by molar-refractivity contribution is 7.94. The highest BCUT2D eigenvalue weighted by Gasteiger charge is 2.29. The van der Waals surface area contributed by atoms with Crippen LogP contribution in [0.5, 0.6) is 5.75 Å². The van der Waals surface area contributed by atoms with E-state index < -0.39 is 10.0 Å². The van der Waals surface area contributed by atoms with Crippen LogP contribution in [0, 0.1) is 0 Å². The predicted molar refractivity (Wildman–Crippen MR) is 101 cm³/mol. The molecule has 1 N–H and O–H groups in total. The number of hydrogen-bond donors (Lipinski definition) is 1. The van der Waals surface area contributed by atoms with E-state index in [1.807, 2.05) is 0 Å². The average Bonchev–Trinajstić information content (AvgIpc) is 3.12. The van der Waals surface area contributed by atoms with Gasteiger partial charge in [0.2, 0.25) is 0 Å². The molecule has 9 heteroatoms. The monoisotopic (exact) mass is 410 g/mol. The van der Waals surface area contributed by atoms with E-state index in [4.69, 9.17) is 20.8 Å². The SMILES string of the molecule is COc1ccc(NS(=O)(=O)c2ccc(-c3cnc(C4CC4)o3)s2)cc1Cl. The van der Waals surface area contributed by atoms with Crippen LogP contribution < -0.4 is 9.46 Å². The normalized spacial score (nSPS) is 14.4. The molecule has 1 aromatic carbocycles. The number of methoxy groups -OCH3 is 1. The summed E-state index contributed by atoms with van der Waals surface area (Å²) in [5.41, 5.74) is 0.362. The van der Waals surface area contributed by atoms with E-state index in [-0.39, 0.29) is 4.21 Å². The smallest absolute Gasteiger partial charge is 0.271 e. The molecule has 136 valence electrons. The summed E-state index contributed by atoms with van der Waals surface area (Å²) >= 11 is 7.17. The molecule has 1 saturated carbocycles. The molecule has 0 saturated heterocycles. The van der Waals surface area contributed by atoms with Crippen LogP contribution in [-0.4, -0.2) is 20.5 Å². The molecule has 0 amide bonds. The van der Waals surface area contributed by atoms with Crippen LogP contribution in [0.2, 0.25) is 5.02 Å². The van der Waals surface area contributed by atoms with Gasteiger partial charge >= 0.3 is 0 Å². The van der Waals surface area contributed by atoms with Gasteiger partial charge in [0.05, 0.1) is 28.9 Å². The summed E-state index contributed by atoms with van der Waals surface area (Å²) in [5, 5.41) is 0.328. The van der Waals surface area contributed by atoms with Gasteiger partial charge < -0.3 is 9.15 Å². The number of thiophene rings is 1. The van der Waals surface area contributed by atoms with Crippen LogP contribution in [0.1, 0.15) is 24.7 Å². The van der Waals surface area contributed by atoms with Crippen LogP contribution in [0.25, 0.3) is 10.6 Å². The number of ether oxygens (including phenoxy) is 1. The van der Waals surface area contributed by atoms with Gasteiger partial charge in [-0.15, -0.1) is 11.3 Å². The van der Waals surface area contributed by atoms with Crippen LogP contribution in [-0.2, 0) is 10.0 Å². The van der Waals surface area contributed by atoms with Crippen molar-refractivity contribution < 1.29 is 17.6 Å². The van der Waals surface area contributed by atoms with E-state index in [1.54, 1.807) is 30.5 Å². The minimum Gasteiger partial charge on any atom is -0.495 e. The quantitative estimate of drug-likeness (QED) is 0.634. The van der Waals surface area contributed by atoms with E-state index in [0.717, 1.165) is 34.9 Å². The molecule has 1 fully saturated rings. The molecule has 4 rings (SSSR count). The first kappa shape index (κ1) is 17.4. The Morgan fingerprint density at radius 2 is 2.12 bits per heavy atom. The number of oxazole rings is 1. The summed E-state index contributed by atoms with van der Waals surface area (Å²) in [6.07, 6.45) is 3.84.